The zero-order valence-electron chi connectivity index (χ0n) is 10.1. The molecule has 1 N–H and O–H groups in total. The van der Waals surface area contributed by atoms with Crippen molar-refractivity contribution in [3.63, 3.8) is 0 Å². The molecular weight excluding hydrogens is 269 g/mol. The number of hydrogen-bond acceptors (Lipinski definition) is 1. The quantitative estimate of drug-likeness (QED) is 0.813. The third-order valence-corrected chi connectivity index (χ3v) is 3.00. The van der Waals surface area contributed by atoms with Crippen LogP contribution in [0, 0.1) is 12.7 Å². The van der Waals surface area contributed by atoms with Gasteiger partial charge in [-0.2, -0.15) is 0 Å². The highest BCUT2D eigenvalue weighted by Crippen LogP contribution is 2.11. The number of rotatable bonds is 5. The Morgan fingerprint density at radius 3 is 2.62 bits per heavy atom. The molecule has 0 heterocycles. The average Bonchev–Trinajstić information content (AvgIpc) is 2.15. The summed E-state index contributed by atoms with van der Waals surface area (Å²) in [6, 6.07) is 5.40. The van der Waals surface area contributed by atoms with E-state index in [1.807, 2.05) is 13.0 Å². The lowest BCUT2D eigenvalue weighted by Crippen LogP contribution is -2.27. The van der Waals surface area contributed by atoms with Gasteiger partial charge in [0.25, 0.3) is 0 Å². The van der Waals surface area contributed by atoms with E-state index in [1.54, 1.807) is 6.07 Å². The van der Waals surface area contributed by atoms with Gasteiger partial charge in [0.1, 0.15) is 5.82 Å². The van der Waals surface area contributed by atoms with Gasteiger partial charge in [-0.25, -0.2) is 4.39 Å². The van der Waals surface area contributed by atoms with Crippen LogP contribution in [0.25, 0.3) is 0 Å². The molecule has 0 spiro atoms. The van der Waals surface area contributed by atoms with E-state index in [2.05, 4.69) is 35.1 Å². The van der Waals surface area contributed by atoms with Gasteiger partial charge in [0.05, 0.1) is 0 Å². The fraction of sp³-hybridized carbons (Fsp3) is 0.538. The molecule has 0 amide bonds. The molecular formula is C13H19BrFN. The number of hydrogen-bond donors (Lipinski definition) is 1. The molecule has 1 aromatic carbocycles. The fourth-order valence-electron chi connectivity index (χ4n) is 1.71. The van der Waals surface area contributed by atoms with Crippen molar-refractivity contribution in [2.45, 2.75) is 44.6 Å². The predicted molar refractivity (Wildman–Crippen MR) is 70.4 cm³/mol. The monoisotopic (exact) mass is 287 g/mol. The maximum Gasteiger partial charge on any atom is 0.123 e. The Labute approximate surface area is 106 Å². The SMILES string of the molecule is Cc1cc(F)ccc1CNC(C)CC(C)Br. The number of halogens is 2. The molecule has 1 nitrogen and oxygen atoms in total. The molecule has 2 unspecified atom stereocenters. The minimum Gasteiger partial charge on any atom is -0.310 e. The van der Waals surface area contributed by atoms with Crippen LogP contribution in [0.1, 0.15) is 31.4 Å². The second-order valence-electron chi connectivity index (χ2n) is 4.37. The average molecular weight is 288 g/mol. The Hall–Kier alpha value is -0.410. The van der Waals surface area contributed by atoms with Crippen LogP contribution in [0.2, 0.25) is 0 Å². The highest BCUT2D eigenvalue weighted by atomic mass is 79.9. The highest BCUT2D eigenvalue weighted by Gasteiger charge is 2.06. The van der Waals surface area contributed by atoms with Crippen LogP contribution < -0.4 is 5.32 Å². The van der Waals surface area contributed by atoms with Crippen LogP contribution in [0.15, 0.2) is 18.2 Å². The van der Waals surface area contributed by atoms with E-state index in [1.165, 1.54) is 6.07 Å². The maximum absolute atomic E-state index is 12.9. The molecule has 2 atom stereocenters. The maximum atomic E-state index is 12.9. The highest BCUT2D eigenvalue weighted by molar-refractivity contribution is 9.09. The summed E-state index contributed by atoms with van der Waals surface area (Å²) in [7, 11) is 0. The summed E-state index contributed by atoms with van der Waals surface area (Å²) >= 11 is 3.54. The van der Waals surface area contributed by atoms with Crippen molar-refractivity contribution in [3.05, 3.63) is 35.1 Å². The molecule has 0 radical (unpaired) electrons. The van der Waals surface area contributed by atoms with Crippen molar-refractivity contribution in [2.75, 3.05) is 0 Å². The first-order valence-corrected chi connectivity index (χ1v) is 6.53. The minimum absolute atomic E-state index is 0.164. The van der Waals surface area contributed by atoms with Crippen molar-refractivity contribution < 1.29 is 4.39 Å². The van der Waals surface area contributed by atoms with Crippen LogP contribution in [-0.4, -0.2) is 10.9 Å². The topological polar surface area (TPSA) is 12.0 Å². The van der Waals surface area contributed by atoms with E-state index >= 15 is 0 Å². The first-order chi connectivity index (χ1) is 7.49. The lowest BCUT2D eigenvalue weighted by atomic mass is 10.1. The number of aryl methyl sites for hydroxylation is 1. The Balaban J connectivity index is 2.48. The van der Waals surface area contributed by atoms with Gasteiger partial charge < -0.3 is 5.32 Å². The molecule has 0 saturated carbocycles. The normalized spacial score (nSPS) is 14.8. The van der Waals surface area contributed by atoms with Gasteiger partial charge in [0.15, 0.2) is 0 Å². The third-order valence-electron chi connectivity index (χ3n) is 2.62. The molecule has 0 aromatic heterocycles. The van der Waals surface area contributed by atoms with Gasteiger partial charge in [-0.15, -0.1) is 0 Å². The molecule has 0 aliphatic carbocycles. The zero-order valence-corrected chi connectivity index (χ0v) is 11.6. The molecule has 0 aliphatic heterocycles. The smallest absolute Gasteiger partial charge is 0.123 e. The van der Waals surface area contributed by atoms with E-state index in [4.69, 9.17) is 0 Å². The summed E-state index contributed by atoms with van der Waals surface area (Å²) in [5.74, 6) is -0.164. The van der Waals surface area contributed by atoms with Crippen molar-refractivity contribution in [2.24, 2.45) is 0 Å². The summed E-state index contributed by atoms with van der Waals surface area (Å²) in [4.78, 5) is 0.518. The summed E-state index contributed by atoms with van der Waals surface area (Å²) in [6.45, 7) is 7.04. The van der Waals surface area contributed by atoms with Crippen molar-refractivity contribution in [1.29, 1.82) is 0 Å². The standard InChI is InChI=1S/C13H19BrFN/c1-9-6-13(15)5-4-12(9)8-16-11(3)7-10(2)14/h4-6,10-11,16H,7-8H2,1-3H3. The number of alkyl halides is 1. The van der Waals surface area contributed by atoms with Crippen LogP contribution >= 0.6 is 15.9 Å². The second kappa shape index (κ2) is 6.36. The summed E-state index contributed by atoms with van der Waals surface area (Å²) in [5.41, 5.74) is 2.17. The summed E-state index contributed by atoms with van der Waals surface area (Å²) in [6.07, 6.45) is 1.08. The molecule has 1 aromatic rings. The molecule has 0 bridgehead atoms. The lowest BCUT2D eigenvalue weighted by Gasteiger charge is -2.16. The van der Waals surface area contributed by atoms with Crippen LogP contribution in [0.5, 0.6) is 0 Å². The molecule has 0 fully saturated rings. The van der Waals surface area contributed by atoms with Gasteiger partial charge in [-0.3, -0.25) is 0 Å². The molecule has 1 rings (SSSR count). The van der Waals surface area contributed by atoms with E-state index in [9.17, 15) is 4.39 Å². The zero-order chi connectivity index (χ0) is 12.1. The van der Waals surface area contributed by atoms with Crippen molar-refractivity contribution in [3.8, 4) is 0 Å². The first kappa shape index (κ1) is 13.7. The number of benzene rings is 1. The van der Waals surface area contributed by atoms with Gasteiger partial charge in [0, 0.05) is 17.4 Å². The molecule has 0 aliphatic rings. The van der Waals surface area contributed by atoms with Crippen molar-refractivity contribution in [1.82, 2.24) is 5.32 Å². The largest absolute Gasteiger partial charge is 0.310 e. The van der Waals surface area contributed by atoms with Gasteiger partial charge in [0.2, 0.25) is 0 Å². The fourth-order valence-corrected chi connectivity index (χ4v) is 2.27. The minimum atomic E-state index is -0.164. The summed E-state index contributed by atoms with van der Waals surface area (Å²) in [5, 5.41) is 3.44. The van der Waals surface area contributed by atoms with E-state index in [0.717, 1.165) is 24.1 Å². The second-order valence-corrected chi connectivity index (χ2v) is 5.93. The van der Waals surface area contributed by atoms with Gasteiger partial charge in [-0.1, -0.05) is 28.9 Å². The lowest BCUT2D eigenvalue weighted by molar-refractivity contribution is 0.514. The van der Waals surface area contributed by atoms with Crippen LogP contribution in [-0.2, 0) is 6.54 Å². The Kier molecular flexibility index (Phi) is 5.42. The Morgan fingerprint density at radius 1 is 1.38 bits per heavy atom. The Bertz CT molecular complexity index is 339. The molecule has 0 saturated heterocycles. The van der Waals surface area contributed by atoms with E-state index in [-0.39, 0.29) is 5.82 Å². The van der Waals surface area contributed by atoms with Crippen molar-refractivity contribution >= 4 is 15.9 Å². The number of nitrogens with one attached hydrogen (secondary N) is 1. The summed E-state index contributed by atoms with van der Waals surface area (Å²) < 4.78 is 12.9. The molecule has 90 valence electrons. The first-order valence-electron chi connectivity index (χ1n) is 5.61. The molecule has 3 heteroatoms. The molecule has 16 heavy (non-hydrogen) atoms. The Morgan fingerprint density at radius 2 is 2.06 bits per heavy atom. The van der Waals surface area contributed by atoms with Gasteiger partial charge in [-0.05, 0) is 43.5 Å². The van der Waals surface area contributed by atoms with E-state index in [0.29, 0.717) is 10.9 Å². The predicted octanol–water partition coefficient (Wildman–Crippen LogP) is 3.79. The van der Waals surface area contributed by atoms with Crippen LogP contribution in [0.4, 0.5) is 4.39 Å². The third kappa shape index (κ3) is 4.62. The van der Waals surface area contributed by atoms with Crippen LogP contribution in [0.3, 0.4) is 0 Å². The van der Waals surface area contributed by atoms with E-state index < -0.39 is 0 Å². The van der Waals surface area contributed by atoms with Gasteiger partial charge >= 0.3 is 0 Å².